The van der Waals surface area contributed by atoms with E-state index in [1.54, 1.807) is 0 Å². The maximum absolute atomic E-state index is 5.39. The van der Waals surface area contributed by atoms with Gasteiger partial charge in [0.15, 0.2) is 0 Å². The summed E-state index contributed by atoms with van der Waals surface area (Å²) in [6.45, 7) is 1.75. The van der Waals surface area contributed by atoms with Crippen LogP contribution in [-0.2, 0) is 4.74 Å². The first-order valence-electron chi connectivity index (χ1n) is 5.97. The van der Waals surface area contributed by atoms with Crippen molar-refractivity contribution in [3.63, 3.8) is 0 Å². The van der Waals surface area contributed by atoms with Crippen molar-refractivity contribution in [2.24, 2.45) is 0 Å². The van der Waals surface area contributed by atoms with Crippen LogP contribution in [0, 0.1) is 0 Å². The van der Waals surface area contributed by atoms with Gasteiger partial charge in [-0.2, -0.15) is 0 Å². The molecule has 1 saturated heterocycles. The van der Waals surface area contributed by atoms with Gasteiger partial charge in [0.2, 0.25) is 0 Å². The van der Waals surface area contributed by atoms with Crippen LogP contribution < -0.4 is 0 Å². The first-order chi connectivity index (χ1) is 8.83. The average Bonchev–Trinajstić information content (AvgIpc) is 2.40. The molecular weight excluding hydrogens is 312 g/mol. The van der Waals surface area contributed by atoms with Crippen LogP contribution >= 0.6 is 27.7 Å². The van der Waals surface area contributed by atoms with Crippen LogP contribution in [0.4, 0.5) is 0 Å². The zero-order chi connectivity index (χ0) is 12.4. The van der Waals surface area contributed by atoms with Crippen molar-refractivity contribution >= 4 is 38.7 Å². The Morgan fingerprint density at radius 2 is 2.11 bits per heavy atom. The van der Waals surface area contributed by atoms with Gasteiger partial charge < -0.3 is 4.74 Å². The minimum atomic E-state index is 0.634. The van der Waals surface area contributed by atoms with Gasteiger partial charge in [-0.3, -0.25) is 9.97 Å². The normalized spacial score (nSPS) is 17.2. The van der Waals surface area contributed by atoms with E-state index in [9.17, 15) is 0 Å². The smallest absolute Gasteiger partial charge is 0.102 e. The van der Waals surface area contributed by atoms with E-state index in [1.165, 1.54) is 4.90 Å². The largest absolute Gasteiger partial charge is 0.381 e. The summed E-state index contributed by atoms with van der Waals surface area (Å²) in [6.07, 6.45) is 5.92. The van der Waals surface area contributed by atoms with Gasteiger partial charge in [-0.25, -0.2) is 0 Å². The third kappa shape index (κ3) is 2.68. The Hall–Kier alpha value is -0.650. The number of aromatic nitrogens is 2. The van der Waals surface area contributed by atoms with Gasteiger partial charge >= 0.3 is 0 Å². The highest BCUT2D eigenvalue weighted by molar-refractivity contribution is 9.10. The van der Waals surface area contributed by atoms with E-state index in [4.69, 9.17) is 4.74 Å². The summed E-state index contributed by atoms with van der Waals surface area (Å²) in [5.74, 6) is 0. The van der Waals surface area contributed by atoms with Crippen molar-refractivity contribution in [2.75, 3.05) is 13.2 Å². The molecule has 0 atom stereocenters. The number of thioether (sulfide) groups is 1. The fourth-order valence-corrected chi connectivity index (χ4v) is 3.56. The predicted octanol–water partition coefficient (Wildman–Crippen LogP) is 3.66. The Kier molecular flexibility index (Phi) is 3.82. The van der Waals surface area contributed by atoms with Crippen molar-refractivity contribution in [3.05, 3.63) is 29.0 Å². The molecule has 5 heteroatoms. The SMILES string of the molecule is Brc1cnc2c(SC3CCOCC3)ccnc2c1. The molecule has 94 valence electrons. The topological polar surface area (TPSA) is 35.0 Å². The lowest BCUT2D eigenvalue weighted by atomic mass is 10.2. The Balaban J connectivity index is 1.91. The van der Waals surface area contributed by atoms with Crippen LogP contribution in [0.15, 0.2) is 33.9 Å². The summed E-state index contributed by atoms with van der Waals surface area (Å²) < 4.78 is 6.36. The van der Waals surface area contributed by atoms with E-state index in [1.807, 2.05) is 30.2 Å². The fraction of sp³-hybridized carbons (Fsp3) is 0.385. The molecule has 0 radical (unpaired) electrons. The van der Waals surface area contributed by atoms with Gasteiger partial charge in [0.1, 0.15) is 5.52 Å². The first-order valence-corrected chi connectivity index (χ1v) is 7.65. The number of hydrogen-bond donors (Lipinski definition) is 0. The highest BCUT2D eigenvalue weighted by Crippen LogP contribution is 2.33. The van der Waals surface area contributed by atoms with Crippen molar-refractivity contribution < 1.29 is 4.74 Å². The predicted molar refractivity (Wildman–Crippen MR) is 76.9 cm³/mol. The van der Waals surface area contributed by atoms with Crippen molar-refractivity contribution in [2.45, 2.75) is 23.0 Å². The Labute approximate surface area is 118 Å². The lowest BCUT2D eigenvalue weighted by molar-refractivity contribution is 0.100. The lowest BCUT2D eigenvalue weighted by Crippen LogP contribution is -2.17. The second-order valence-electron chi connectivity index (χ2n) is 4.26. The summed E-state index contributed by atoms with van der Waals surface area (Å²) >= 11 is 5.33. The number of nitrogens with zero attached hydrogens (tertiary/aromatic N) is 2. The standard InChI is InChI=1S/C13H13BrN2OS/c14-9-7-11-13(16-8-9)12(1-4-15-11)18-10-2-5-17-6-3-10/h1,4,7-8,10H,2-3,5-6H2. The molecule has 0 saturated carbocycles. The summed E-state index contributed by atoms with van der Waals surface area (Å²) in [7, 11) is 0. The minimum absolute atomic E-state index is 0.634. The van der Waals surface area contributed by atoms with Gasteiger partial charge in [-0.05, 0) is 40.9 Å². The highest BCUT2D eigenvalue weighted by Gasteiger charge is 2.16. The number of rotatable bonds is 2. The molecule has 1 fully saturated rings. The molecule has 18 heavy (non-hydrogen) atoms. The van der Waals surface area contributed by atoms with Gasteiger partial charge in [0.25, 0.3) is 0 Å². The molecule has 0 amide bonds. The monoisotopic (exact) mass is 324 g/mol. The highest BCUT2D eigenvalue weighted by atomic mass is 79.9. The van der Waals surface area contributed by atoms with E-state index in [0.29, 0.717) is 5.25 Å². The van der Waals surface area contributed by atoms with Gasteiger partial charge in [0, 0.05) is 40.2 Å². The van der Waals surface area contributed by atoms with Crippen LogP contribution in [-0.4, -0.2) is 28.4 Å². The van der Waals surface area contributed by atoms with E-state index in [0.717, 1.165) is 41.6 Å². The molecule has 2 aromatic heterocycles. The molecule has 2 aromatic rings. The molecule has 0 aliphatic carbocycles. The molecule has 3 nitrogen and oxygen atoms in total. The molecule has 3 rings (SSSR count). The summed E-state index contributed by atoms with van der Waals surface area (Å²) in [6, 6.07) is 4.07. The summed E-state index contributed by atoms with van der Waals surface area (Å²) in [5.41, 5.74) is 1.94. The average molecular weight is 325 g/mol. The molecule has 3 heterocycles. The van der Waals surface area contributed by atoms with E-state index in [-0.39, 0.29) is 0 Å². The van der Waals surface area contributed by atoms with Crippen LogP contribution in [0.2, 0.25) is 0 Å². The summed E-state index contributed by atoms with van der Waals surface area (Å²) in [5, 5.41) is 0.634. The zero-order valence-corrected chi connectivity index (χ0v) is 12.2. The lowest BCUT2D eigenvalue weighted by Gasteiger charge is -2.21. The minimum Gasteiger partial charge on any atom is -0.381 e. The van der Waals surface area contributed by atoms with E-state index < -0.39 is 0 Å². The molecule has 0 spiro atoms. The van der Waals surface area contributed by atoms with Crippen LogP contribution in [0.5, 0.6) is 0 Å². The van der Waals surface area contributed by atoms with Crippen LogP contribution in [0.25, 0.3) is 11.0 Å². The van der Waals surface area contributed by atoms with Gasteiger partial charge in [-0.15, -0.1) is 11.8 Å². The Morgan fingerprint density at radius 3 is 2.94 bits per heavy atom. The zero-order valence-electron chi connectivity index (χ0n) is 9.80. The number of halogens is 1. The maximum atomic E-state index is 5.39. The van der Waals surface area contributed by atoms with E-state index in [2.05, 4.69) is 32.0 Å². The van der Waals surface area contributed by atoms with Gasteiger partial charge in [0.05, 0.1) is 5.52 Å². The third-order valence-corrected chi connectivity index (χ3v) is 4.79. The second kappa shape index (κ2) is 5.55. The molecule has 0 bridgehead atoms. The van der Waals surface area contributed by atoms with E-state index >= 15 is 0 Å². The van der Waals surface area contributed by atoms with Crippen molar-refractivity contribution in [1.82, 2.24) is 9.97 Å². The number of fused-ring (bicyclic) bond motifs is 1. The van der Waals surface area contributed by atoms with Gasteiger partial charge in [-0.1, -0.05) is 0 Å². The quantitative estimate of drug-likeness (QED) is 0.844. The first kappa shape index (κ1) is 12.4. The number of pyridine rings is 2. The molecular formula is C13H13BrN2OS. The van der Waals surface area contributed by atoms with Crippen molar-refractivity contribution in [3.8, 4) is 0 Å². The maximum Gasteiger partial charge on any atom is 0.102 e. The summed E-state index contributed by atoms with van der Waals surface area (Å²) in [4.78, 5) is 10.1. The third-order valence-electron chi connectivity index (χ3n) is 2.97. The van der Waals surface area contributed by atoms with Crippen molar-refractivity contribution in [1.29, 1.82) is 0 Å². The second-order valence-corrected chi connectivity index (χ2v) is 6.52. The Morgan fingerprint density at radius 1 is 1.28 bits per heavy atom. The molecule has 0 N–H and O–H groups in total. The number of hydrogen-bond acceptors (Lipinski definition) is 4. The Bertz CT molecular complexity index is 558. The molecule has 1 aliphatic rings. The molecule has 0 aromatic carbocycles. The molecule has 1 aliphatic heterocycles. The van der Waals surface area contributed by atoms with Crippen LogP contribution in [0.1, 0.15) is 12.8 Å². The fourth-order valence-electron chi connectivity index (χ4n) is 2.05. The molecule has 0 unspecified atom stereocenters. The van der Waals surface area contributed by atoms with Crippen LogP contribution in [0.3, 0.4) is 0 Å². The number of ether oxygens (including phenoxy) is 1.